The first-order chi connectivity index (χ1) is 14.3. The SMILES string of the molecule is CCc1cc(F)c(C2=CCc3cc(-c4cc(F)c(F)c(F)c4)c(F)cc3C2)c(F)c1. The third kappa shape index (κ3) is 3.51. The van der Waals surface area contributed by atoms with E-state index in [1.807, 2.05) is 0 Å². The molecule has 0 fully saturated rings. The van der Waals surface area contributed by atoms with Gasteiger partial charge in [0.2, 0.25) is 0 Å². The van der Waals surface area contributed by atoms with Gasteiger partial charge >= 0.3 is 0 Å². The molecule has 4 rings (SSSR count). The zero-order valence-electron chi connectivity index (χ0n) is 15.9. The maximum atomic E-state index is 14.7. The van der Waals surface area contributed by atoms with Crippen molar-refractivity contribution < 1.29 is 26.3 Å². The maximum absolute atomic E-state index is 14.7. The minimum absolute atomic E-state index is 0.0759. The molecule has 0 atom stereocenters. The minimum Gasteiger partial charge on any atom is -0.206 e. The molecule has 6 heteroatoms. The number of halogens is 6. The molecule has 0 amide bonds. The molecular weight excluding hydrogens is 402 g/mol. The lowest BCUT2D eigenvalue weighted by atomic mass is 9.85. The molecule has 1 aliphatic rings. The van der Waals surface area contributed by atoms with Gasteiger partial charge < -0.3 is 0 Å². The molecule has 3 aromatic carbocycles. The molecular formula is C24H16F6. The number of hydrogen-bond donors (Lipinski definition) is 0. The van der Waals surface area contributed by atoms with E-state index in [1.54, 1.807) is 13.0 Å². The lowest BCUT2D eigenvalue weighted by Crippen LogP contribution is -2.08. The highest BCUT2D eigenvalue weighted by molar-refractivity contribution is 5.74. The Kier molecular flexibility index (Phi) is 5.18. The van der Waals surface area contributed by atoms with Gasteiger partial charge in [0.1, 0.15) is 17.5 Å². The van der Waals surface area contributed by atoms with Crippen LogP contribution < -0.4 is 0 Å². The van der Waals surface area contributed by atoms with Crippen molar-refractivity contribution in [3.63, 3.8) is 0 Å². The Hall–Kier alpha value is -3.02. The monoisotopic (exact) mass is 418 g/mol. The van der Waals surface area contributed by atoms with Gasteiger partial charge in [0.05, 0.1) is 0 Å². The van der Waals surface area contributed by atoms with E-state index >= 15 is 0 Å². The van der Waals surface area contributed by atoms with E-state index in [2.05, 4.69) is 0 Å². The minimum atomic E-state index is -1.62. The van der Waals surface area contributed by atoms with Crippen LogP contribution in [-0.2, 0) is 19.3 Å². The highest BCUT2D eigenvalue weighted by atomic mass is 19.2. The van der Waals surface area contributed by atoms with Gasteiger partial charge in [-0.25, -0.2) is 26.3 Å². The molecule has 0 radical (unpaired) electrons. The predicted octanol–water partition coefficient (Wildman–Crippen LogP) is 6.93. The van der Waals surface area contributed by atoms with Gasteiger partial charge in [-0.05, 0) is 83.5 Å². The van der Waals surface area contributed by atoms with Gasteiger partial charge in [0.25, 0.3) is 0 Å². The number of hydrogen-bond acceptors (Lipinski definition) is 0. The second kappa shape index (κ2) is 7.67. The topological polar surface area (TPSA) is 0 Å². The standard InChI is InChI=1S/C24H16F6/c1-2-12-5-19(26)23(20(27)6-12)14-4-3-13-8-17(18(25)9-15(13)7-14)16-10-21(28)24(30)22(29)11-16/h4-6,8-11H,2-3,7H2,1H3. The Morgan fingerprint density at radius 2 is 1.33 bits per heavy atom. The highest BCUT2D eigenvalue weighted by Gasteiger charge is 2.22. The van der Waals surface area contributed by atoms with Crippen LogP contribution >= 0.6 is 0 Å². The third-order valence-corrected chi connectivity index (χ3v) is 5.36. The summed E-state index contributed by atoms with van der Waals surface area (Å²) in [5, 5.41) is 0. The summed E-state index contributed by atoms with van der Waals surface area (Å²) in [5.74, 6) is -6.55. The average molecular weight is 418 g/mol. The van der Waals surface area contributed by atoms with Crippen molar-refractivity contribution in [2.75, 3.05) is 0 Å². The number of aryl methyl sites for hydroxylation is 1. The Balaban J connectivity index is 1.72. The van der Waals surface area contributed by atoms with Crippen molar-refractivity contribution in [1.82, 2.24) is 0 Å². The van der Waals surface area contributed by atoms with E-state index in [0.717, 1.165) is 12.1 Å². The molecule has 30 heavy (non-hydrogen) atoms. The normalized spacial score (nSPS) is 13.2. The molecule has 0 saturated heterocycles. The summed E-state index contributed by atoms with van der Waals surface area (Å²) in [4.78, 5) is 0. The van der Waals surface area contributed by atoms with E-state index < -0.39 is 34.9 Å². The van der Waals surface area contributed by atoms with Crippen molar-refractivity contribution in [2.45, 2.75) is 26.2 Å². The summed E-state index contributed by atoms with van der Waals surface area (Å²) in [6.45, 7) is 1.79. The lowest BCUT2D eigenvalue weighted by Gasteiger charge is -2.20. The summed E-state index contributed by atoms with van der Waals surface area (Å²) < 4.78 is 84.0. The van der Waals surface area contributed by atoms with Gasteiger partial charge in [0, 0.05) is 11.1 Å². The van der Waals surface area contributed by atoms with Crippen molar-refractivity contribution in [3.8, 4) is 11.1 Å². The van der Waals surface area contributed by atoms with Crippen LogP contribution in [0.15, 0.2) is 42.5 Å². The van der Waals surface area contributed by atoms with Crippen LogP contribution in [0.1, 0.15) is 29.2 Å². The fraction of sp³-hybridized carbons (Fsp3) is 0.167. The molecule has 0 heterocycles. The van der Waals surface area contributed by atoms with E-state index in [9.17, 15) is 26.3 Å². The summed E-state index contributed by atoms with van der Waals surface area (Å²) in [7, 11) is 0. The first-order valence-corrected chi connectivity index (χ1v) is 9.42. The van der Waals surface area contributed by atoms with E-state index in [-0.39, 0.29) is 29.5 Å². The lowest BCUT2D eigenvalue weighted by molar-refractivity contribution is 0.447. The van der Waals surface area contributed by atoms with Gasteiger partial charge in [-0.2, -0.15) is 0 Å². The van der Waals surface area contributed by atoms with Crippen molar-refractivity contribution in [2.24, 2.45) is 0 Å². The molecule has 0 aliphatic heterocycles. The molecule has 0 aromatic heterocycles. The first-order valence-electron chi connectivity index (χ1n) is 9.42. The Labute approximate surface area is 169 Å². The number of rotatable bonds is 3. The highest BCUT2D eigenvalue weighted by Crippen LogP contribution is 2.35. The molecule has 0 N–H and O–H groups in total. The molecule has 154 valence electrons. The molecule has 0 spiro atoms. The second-order valence-corrected chi connectivity index (χ2v) is 7.25. The zero-order valence-corrected chi connectivity index (χ0v) is 15.9. The molecule has 1 aliphatic carbocycles. The maximum Gasteiger partial charge on any atom is 0.194 e. The molecule has 0 unspecified atom stereocenters. The van der Waals surface area contributed by atoms with Crippen molar-refractivity contribution >= 4 is 5.57 Å². The number of fused-ring (bicyclic) bond motifs is 1. The fourth-order valence-electron chi connectivity index (χ4n) is 3.78. The quantitative estimate of drug-likeness (QED) is 0.320. The smallest absolute Gasteiger partial charge is 0.194 e. The van der Waals surface area contributed by atoms with Gasteiger partial charge in [-0.1, -0.05) is 13.0 Å². The molecule has 0 bridgehead atoms. The largest absolute Gasteiger partial charge is 0.206 e. The second-order valence-electron chi connectivity index (χ2n) is 7.25. The summed E-state index contributed by atoms with van der Waals surface area (Å²) in [6, 6.07) is 6.65. The summed E-state index contributed by atoms with van der Waals surface area (Å²) in [6.07, 6.45) is 2.52. The molecule has 0 saturated carbocycles. The summed E-state index contributed by atoms with van der Waals surface area (Å²) >= 11 is 0. The van der Waals surface area contributed by atoms with Crippen LogP contribution in [0, 0.1) is 34.9 Å². The Morgan fingerprint density at radius 1 is 0.700 bits per heavy atom. The number of allylic oxidation sites excluding steroid dienone is 2. The Morgan fingerprint density at radius 3 is 1.93 bits per heavy atom. The van der Waals surface area contributed by atoms with Crippen LogP contribution in [0.5, 0.6) is 0 Å². The van der Waals surface area contributed by atoms with E-state index in [4.69, 9.17) is 0 Å². The van der Waals surface area contributed by atoms with Crippen molar-refractivity contribution in [1.29, 1.82) is 0 Å². The van der Waals surface area contributed by atoms with Gasteiger partial charge in [0.15, 0.2) is 17.5 Å². The van der Waals surface area contributed by atoms with Gasteiger partial charge in [-0.3, -0.25) is 0 Å². The number of benzene rings is 3. The van der Waals surface area contributed by atoms with Crippen LogP contribution in [0.4, 0.5) is 26.3 Å². The predicted molar refractivity (Wildman–Crippen MR) is 103 cm³/mol. The third-order valence-electron chi connectivity index (χ3n) is 5.36. The Bertz CT molecular complexity index is 1150. The molecule has 3 aromatic rings. The van der Waals surface area contributed by atoms with E-state index in [1.165, 1.54) is 24.3 Å². The van der Waals surface area contributed by atoms with Crippen molar-refractivity contribution in [3.05, 3.63) is 99.6 Å². The van der Waals surface area contributed by atoms with E-state index in [0.29, 0.717) is 28.7 Å². The summed E-state index contributed by atoms with van der Waals surface area (Å²) in [5.41, 5.74) is 1.79. The zero-order chi connectivity index (χ0) is 21.6. The van der Waals surface area contributed by atoms with Gasteiger partial charge in [-0.15, -0.1) is 0 Å². The fourth-order valence-corrected chi connectivity index (χ4v) is 3.78. The van der Waals surface area contributed by atoms with Crippen LogP contribution in [0.25, 0.3) is 16.7 Å². The first kappa shape index (κ1) is 20.3. The van der Waals surface area contributed by atoms with Crippen LogP contribution in [-0.4, -0.2) is 0 Å². The molecule has 0 nitrogen and oxygen atoms in total. The van der Waals surface area contributed by atoms with Crippen LogP contribution in [0.3, 0.4) is 0 Å². The van der Waals surface area contributed by atoms with Crippen LogP contribution in [0.2, 0.25) is 0 Å². The average Bonchev–Trinajstić information content (AvgIpc) is 2.70.